The molecule has 138 valence electrons. The van der Waals surface area contributed by atoms with Crippen LogP contribution in [0.5, 0.6) is 5.75 Å². The number of nitrogens with one attached hydrogen (secondary N) is 2. The minimum Gasteiger partial charge on any atom is -0.507 e. The van der Waals surface area contributed by atoms with Crippen LogP contribution in [0.2, 0.25) is 0 Å². The maximum absolute atomic E-state index is 12.2. The molecule has 6 nitrogen and oxygen atoms in total. The van der Waals surface area contributed by atoms with E-state index in [4.69, 9.17) is 0 Å². The van der Waals surface area contributed by atoms with Gasteiger partial charge in [-0.15, -0.1) is 0 Å². The quantitative estimate of drug-likeness (QED) is 0.461. The molecule has 0 saturated heterocycles. The third kappa shape index (κ3) is 4.82. The monoisotopic (exact) mass is 362 g/mol. The molecule has 2 aromatic carbocycles. The summed E-state index contributed by atoms with van der Waals surface area (Å²) >= 11 is 0. The van der Waals surface area contributed by atoms with Gasteiger partial charge in [-0.1, -0.05) is 50.2 Å². The van der Waals surface area contributed by atoms with Gasteiger partial charge >= 0.3 is 0 Å². The fourth-order valence-electron chi connectivity index (χ4n) is 2.69. The van der Waals surface area contributed by atoms with E-state index in [-0.39, 0.29) is 5.75 Å². The van der Waals surface area contributed by atoms with Crippen LogP contribution in [0.1, 0.15) is 35.5 Å². The van der Waals surface area contributed by atoms with Gasteiger partial charge in [-0.2, -0.15) is 10.2 Å². The Balaban J connectivity index is 1.64. The summed E-state index contributed by atoms with van der Waals surface area (Å²) in [4.78, 5) is 12.2. The van der Waals surface area contributed by atoms with Gasteiger partial charge in [-0.25, -0.2) is 5.43 Å². The van der Waals surface area contributed by atoms with Crippen LogP contribution in [0.25, 0.3) is 11.3 Å². The van der Waals surface area contributed by atoms with E-state index in [1.807, 2.05) is 12.1 Å². The molecular weight excluding hydrogens is 340 g/mol. The third-order valence-electron chi connectivity index (χ3n) is 4.02. The molecule has 3 rings (SSSR count). The van der Waals surface area contributed by atoms with Crippen LogP contribution in [-0.4, -0.2) is 27.4 Å². The summed E-state index contributed by atoms with van der Waals surface area (Å²) in [7, 11) is 0. The van der Waals surface area contributed by atoms with Crippen molar-refractivity contribution >= 4 is 12.1 Å². The lowest BCUT2D eigenvalue weighted by molar-refractivity contribution is 0.0950. The Kier molecular flexibility index (Phi) is 5.66. The zero-order valence-electron chi connectivity index (χ0n) is 15.3. The number of hydrogen-bond acceptors (Lipinski definition) is 4. The highest BCUT2D eigenvalue weighted by atomic mass is 16.3. The van der Waals surface area contributed by atoms with Crippen molar-refractivity contribution in [2.24, 2.45) is 11.0 Å². The number of phenolic OH excluding ortho intramolecular Hbond substituents is 1. The molecule has 0 spiro atoms. The van der Waals surface area contributed by atoms with Crippen LogP contribution in [-0.2, 0) is 6.42 Å². The lowest BCUT2D eigenvalue weighted by atomic mass is 10.0. The van der Waals surface area contributed by atoms with E-state index in [9.17, 15) is 9.90 Å². The molecule has 0 aliphatic heterocycles. The number of carbonyl (C=O) groups excluding carboxylic acids is 1. The Morgan fingerprint density at radius 2 is 1.96 bits per heavy atom. The zero-order valence-corrected chi connectivity index (χ0v) is 15.3. The summed E-state index contributed by atoms with van der Waals surface area (Å²) in [5.41, 5.74) is 6.16. The number of nitrogens with zero attached hydrogens (tertiary/aromatic N) is 2. The Labute approximate surface area is 158 Å². The summed E-state index contributed by atoms with van der Waals surface area (Å²) < 4.78 is 0. The number of H-pyrrole nitrogens is 1. The van der Waals surface area contributed by atoms with Crippen molar-refractivity contribution in [2.75, 3.05) is 0 Å². The molecular formula is C21H22N4O2. The highest BCUT2D eigenvalue weighted by Crippen LogP contribution is 2.19. The summed E-state index contributed by atoms with van der Waals surface area (Å²) in [6, 6.07) is 16.6. The first-order valence-electron chi connectivity index (χ1n) is 8.79. The van der Waals surface area contributed by atoms with Gasteiger partial charge < -0.3 is 5.11 Å². The molecule has 0 radical (unpaired) electrons. The smallest absolute Gasteiger partial charge is 0.289 e. The van der Waals surface area contributed by atoms with E-state index >= 15 is 0 Å². The first-order chi connectivity index (χ1) is 13.0. The number of rotatable bonds is 6. The van der Waals surface area contributed by atoms with Crippen LogP contribution in [0.3, 0.4) is 0 Å². The Hall–Kier alpha value is -3.41. The molecule has 1 amide bonds. The van der Waals surface area contributed by atoms with E-state index in [2.05, 4.69) is 46.7 Å². The van der Waals surface area contributed by atoms with E-state index < -0.39 is 5.91 Å². The van der Waals surface area contributed by atoms with Crippen LogP contribution in [0.4, 0.5) is 0 Å². The van der Waals surface area contributed by atoms with Crippen molar-refractivity contribution in [1.29, 1.82) is 0 Å². The molecule has 0 fully saturated rings. The van der Waals surface area contributed by atoms with E-state index in [1.54, 1.807) is 30.3 Å². The predicted octanol–water partition coefficient (Wildman–Crippen LogP) is 3.74. The molecule has 0 aliphatic carbocycles. The first-order valence-corrected chi connectivity index (χ1v) is 8.79. The predicted molar refractivity (Wildman–Crippen MR) is 106 cm³/mol. The minimum atomic E-state index is -0.406. The van der Waals surface area contributed by atoms with Gasteiger partial charge in [0.1, 0.15) is 11.4 Å². The second-order valence-electron chi connectivity index (χ2n) is 6.72. The Bertz CT molecular complexity index is 943. The second kappa shape index (κ2) is 8.31. The molecule has 0 saturated carbocycles. The molecule has 1 heterocycles. The maximum Gasteiger partial charge on any atom is 0.289 e. The largest absolute Gasteiger partial charge is 0.507 e. The fourth-order valence-corrected chi connectivity index (χ4v) is 2.69. The zero-order chi connectivity index (χ0) is 19.2. The number of carbonyl (C=O) groups is 1. The number of hydrogen-bond donors (Lipinski definition) is 3. The van der Waals surface area contributed by atoms with Crippen LogP contribution < -0.4 is 5.43 Å². The number of phenols is 1. The third-order valence-corrected chi connectivity index (χ3v) is 4.02. The van der Waals surface area contributed by atoms with Crippen molar-refractivity contribution in [1.82, 2.24) is 15.6 Å². The molecule has 3 N–H and O–H groups in total. The number of aromatic hydroxyl groups is 1. The van der Waals surface area contributed by atoms with Crippen LogP contribution in [0, 0.1) is 5.92 Å². The summed E-state index contributed by atoms with van der Waals surface area (Å²) in [6.07, 6.45) is 2.42. The van der Waals surface area contributed by atoms with E-state index in [0.29, 0.717) is 22.9 Å². The molecule has 0 atom stereocenters. The number of hydrazone groups is 1. The maximum atomic E-state index is 12.2. The van der Waals surface area contributed by atoms with Crippen LogP contribution >= 0.6 is 0 Å². The standard InChI is InChI=1S/C21H22N4O2/c1-14(2)11-15-7-9-16(10-8-15)18-12-19(24-23-18)21(27)25-22-13-17-5-3-4-6-20(17)26/h3-10,12-14,26H,11H2,1-2H3,(H,23,24)(H,25,27)/b22-13-. The number of aromatic nitrogens is 2. The second-order valence-corrected chi connectivity index (χ2v) is 6.72. The molecule has 27 heavy (non-hydrogen) atoms. The normalized spacial score (nSPS) is 11.2. The lowest BCUT2D eigenvalue weighted by Gasteiger charge is -2.05. The van der Waals surface area contributed by atoms with Crippen molar-refractivity contribution in [3.63, 3.8) is 0 Å². The average Bonchev–Trinajstić information content (AvgIpc) is 3.13. The molecule has 0 bridgehead atoms. The fraction of sp³-hybridized carbons (Fsp3) is 0.190. The Morgan fingerprint density at radius 1 is 1.22 bits per heavy atom. The van der Waals surface area contributed by atoms with Gasteiger partial charge in [0.15, 0.2) is 0 Å². The van der Waals surface area contributed by atoms with Gasteiger partial charge in [0.25, 0.3) is 5.91 Å². The van der Waals surface area contributed by atoms with Crippen molar-refractivity contribution in [3.05, 3.63) is 71.4 Å². The number of aromatic amines is 1. The van der Waals surface area contributed by atoms with Crippen molar-refractivity contribution in [2.45, 2.75) is 20.3 Å². The van der Waals surface area contributed by atoms with Crippen LogP contribution in [0.15, 0.2) is 59.7 Å². The van der Waals surface area contributed by atoms with Gasteiger partial charge in [0.05, 0.1) is 11.9 Å². The van der Waals surface area contributed by atoms with Gasteiger partial charge in [0.2, 0.25) is 0 Å². The van der Waals surface area contributed by atoms with Gasteiger partial charge in [-0.05, 0) is 36.1 Å². The summed E-state index contributed by atoms with van der Waals surface area (Å²) in [6.45, 7) is 4.38. The highest BCUT2D eigenvalue weighted by molar-refractivity contribution is 5.94. The van der Waals surface area contributed by atoms with Crippen molar-refractivity contribution < 1.29 is 9.90 Å². The van der Waals surface area contributed by atoms with Crippen molar-refractivity contribution in [3.8, 4) is 17.0 Å². The molecule has 1 aromatic heterocycles. The minimum absolute atomic E-state index is 0.0974. The molecule has 0 aliphatic rings. The summed E-state index contributed by atoms with van der Waals surface area (Å²) in [5, 5.41) is 20.5. The first kappa shape index (κ1) is 18.4. The average molecular weight is 362 g/mol. The van der Waals surface area contributed by atoms with E-state index in [0.717, 1.165) is 12.0 Å². The van der Waals surface area contributed by atoms with Gasteiger partial charge in [0, 0.05) is 11.1 Å². The molecule has 6 heteroatoms. The lowest BCUT2D eigenvalue weighted by Crippen LogP contribution is -2.18. The molecule has 0 unspecified atom stereocenters. The number of amides is 1. The number of benzene rings is 2. The molecule has 3 aromatic rings. The Morgan fingerprint density at radius 3 is 2.67 bits per heavy atom. The number of para-hydroxylation sites is 1. The topological polar surface area (TPSA) is 90.4 Å². The SMILES string of the molecule is CC(C)Cc1ccc(-c2cc(C(=O)N/N=C\c3ccccc3O)[nH]n2)cc1. The van der Waals surface area contributed by atoms with E-state index in [1.165, 1.54) is 11.8 Å². The van der Waals surface area contributed by atoms with Gasteiger partial charge in [-0.3, -0.25) is 9.89 Å². The highest BCUT2D eigenvalue weighted by Gasteiger charge is 2.10. The summed E-state index contributed by atoms with van der Waals surface area (Å²) in [5.74, 6) is 0.298.